The number of hydrogen-bond acceptors (Lipinski definition) is 11. The first kappa shape index (κ1) is 36.8. The lowest BCUT2D eigenvalue weighted by Crippen LogP contribution is -2.44. The van der Waals surface area contributed by atoms with Crippen molar-refractivity contribution in [3.63, 3.8) is 0 Å². The Kier molecular flexibility index (Phi) is 10.9. The van der Waals surface area contributed by atoms with Gasteiger partial charge in [-0.2, -0.15) is 19.6 Å². The number of aliphatic hydroxyl groups excluding tert-OH is 1. The largest absolute Gasteiger partial charge is 0.494 e. The predicted octanol–water partition coefficient (Wildman–Crippen LogP) is 4.49. The Morgan fingerprint density at radius 3 is 2.12 bits per heavy atom. The quantitative estimate of drug-likeness (QED) is 0.183. The predicted molar refractivity (Wildman–Crippen MR) is 183 cm³/mol. The maximum absolute atomic E-state index is 14.7. The average Bonchev–Trinajstić information content (AvgIpc) is 3.46. The molecular weight excluding hydrogens is 682 g/mol. The smallest absolute Gasteiger partial charge is 0.246 e. The van der Waals surface area contributed by atoms with E-state index in [9.17, 15) is 26.3 Å². The van der Waals surface area contributed by atoms with Gasteiger partial charge in [-0.05, 0) is 37.3 Å². The summed E-state index contributed by atoms with van der Waals surface area (Å²) in [6.07, 6.45) is -1.01. The molecule has 1 N–H and O–H groups in total. The Labute approximate surface area is 281 Å². The molecule has 261 valence electrons. The third kappa shape index (κ3) is 7.64. The lowest BCUT2D eigenvalue weighted by atomic mass is 10.1. The number of benzene rings is 2. The summed E-state index contributed by atoms with van der Waals surface area (Å²) < 4.78 is 87.9. The molecule has 0 radical (unpaired) electrons. The zero-order valence-corrected chi connectivity index (χ0v) is 30.6. The van der Waals surface area contributed by atoms with E-state index < -0.39 is 50.0 Å². The first-order valence-corrected chi connectivity index (χ1v) is 21.9. The second-order valence-electron chi connectivity index (χ2n) is 12.3. The first-order chi connectivity index (χ1) is 22.4. The summed E-state index contributed by atoms with van der Waals surface area (Å²) in [5.41, 5.74) is 0.316. The highest BCUT2D eigenvalue weighted by Gasteiger charge is 2.40. The zero-order chi connectivity index (χ0) is 35.6. The number of ether oxygens (including phenoxy) is 3. The molecule has 0 saturated heterocycles. The Morgan fingerprint density at radius 1 is 0.938 bits per heavy atom. The number of sulfonamides is 1. The van der Waals surface area contributed by atoms with Crippen molar-refractivity contribution in [1.29, 1.82) is 0 Å². The number of aliphatic hydroxyl groups is 1. The Bertz CT molecular complexity index is 1980. The van der Waals surface area contributed by atoms with Crippen LogP contribution in [0.3, 0.4) is 0 Å². The second-order valence-corrected chi connectivity index (χ2v) is 22.1. The van der Waals surface area contributed by atoms with E-state index in [1.165, 1.54) is 32.8 Å². The topological polar surface area (TPSA) is 163 Å². The van der Waals surface area contributed by atoms with Crippen LogP contribution in [-0.4, -0.2) is 89.1 Å². The normalized spacial score (nSPS) is 13.5. The van der Waals surface area contributed by atoms with Crippen LogP contribution >= 0.6 is 0 Å². The minimum absolute atomic E-state index is 0.0569. The number of para-hydroxylation sites is 1. The number of methoxy groups -OCH3 is 3. The van der Waals surface area contributed by atoms with Crippen LogP contribution in [-0.2, 0) is 19.9 Å². The highest BCUT2D eigenvalue weighted by molar-refractivity contribution is 7.93. The molecule has 0 saturated carbocycles. The molecule has 2 atom stereocenters. The summed E-state index contributed by atoms with van der Waals surface area (Å²) in [6.45, 7) is 7.43. The summed E-state index contributed by atoms with van der Waals surface area (Å²) in [6, 6.07) is 13.3. The molecule has 4 rings (SSSR count). The summed E-state index contributed by atoms with van der Waals surface area (Å²) in [7, 11) is -6.19. The molecule has 0 bridgehead atoms. The van der Waals surface area contributed by atoms with Crippen molar-refractivity contribution in [1.82, 2.24) is 19.7 Å². The van der Waals surface area contributed by atoms with Gasteiger partial charge in [-0.25, -0.2) is 30.5 Å². The summed E-state index contributed by atoms with van der Waals surface area (Å²) >= 11 is 0. The van der Waals surface area contributed by atoms with Crippen LogP contribution in [0.2, 0.25) is 25.7 Å². The monoisotopic (exact) mass is 721 g/mol. The SMILES string of the molecule is COc1cccc(-c2nnc(N(CC[Si-](C)(C)C)S(=O)(=O)[C@@H](C)[C@@H](O)c3ccc(F)cc3S(C)(=O)=O)n2-c2c(OC)cccc2OC)n1. The number of rotatable bonds is 14. The van der Waals surface area contributed by atoms with Crippen molar-refractivity contribution < 1.29 is 40.5 Å². The number of aromatic nitrogens is 4. The Balaban J connectivity index is 2.02. The highest BCUT2D eigenvalue weighted by atomic mass is 32.2. The van der Waals surface area contributed by atoms with Crippen molar-refractivity contribution >= 4 is 33.9 Å². The molecule has 13 nitrogen and oxygen atoms in total. The molecule has 0 aliphatic carbocycles. The van der Waals surface area contributed by atoms with Gasteiger partial charge in [0.05, 0.1) is 32.3 Å². The van der Waals surface area contributed by atoms with E-state index in [0.29, 0.717) is 23.2 Å². The van der Waals surface area contributed by atoms with Gasteiger partial charge in [0.15, 0.2) is 15.7 Å². The molecule has 0 spiro atoms. The lowest BCUT2D eigenvalue weighted by molar-refractivity contribution is 0.172. The molecule has 0 aliphatic rings. The molecule has 0 fully saturated rings. The fraction of sp³-hybridized carbons (Fsp3) is 0.387. The van der Waals surface area contributed by atoms with Crippen LogP contribution in [0, 0.1) is 5.82 Å². The fourth-order valence-corrected chi connectivity index (χ4v) is 8.55. The number of sulfone groups is 1. The molecule has 2 aromatic heterocycles. The van der Waals surface area contributed by atoms with Crippen LogP contribution in [0.4, 0.5) is 10.3 Å². The minimum Gasteiger partial charge on any atom is -0.494 e. The van der Waals surface area contributed by atoms with Crippen LogP contribution in [0.1, 0.15) is 18.6 Å². The van der Waals surface area contributed by atoms with E-state index in [1.54, 1.807) is 36.4 Å². The van der Waals surface area contributed by atoms with Crippen molar-refractivity contribution in [2.24, 2.45) is 0 Å². The van der Waals surface area contributed by atoms with E-state index >= 15 is 0 Å². The van der Waals surface area contributed by atoms with Crippen molar-refractivity contribution in [2.45, 2.75) is 48.9 Å². The molecule has 2 heterocycles. The van der Waals surface area contributed by atoms with Crippen LogP contribution in [0.5, 0.6) is 17.4 Å². The maximum atomic E-state index is 14.7. The van der Waals surface area contributed by atoms with Crippen LogP contribution in [0.25, 0.3) is 17.2 Å². The summed E-state index contributed by atoms with van der Waals surface area (Å²) in [5, 5.41) is 18.6. The average molecular weight is 722 g/mol. The van der Waals surface area contributed by atoms with Crippen molar-refractivity contribution in [2.75, 3.05) is 38.4 Å². The molecular formula is C31H40FN5O8S2Si-. The van der Waals surface area contributed by atoms with Gasteiger partial charge in [-0.1, -0.05) is 18.2 Å². The molecule has 2 aromatic carbocycles. The highest BCUT2D eigenvalue weighted by Crippen LogP contribution is 2.40. The van der Waals surface area contributed by atoms with E-state index in [2.05, 4.69) is 34.8 Å². The Morgan fingerprint density at radius 2 is 1.56 bits per heavy atom. The van der Waals surface area contributed by atoms with Gasteiger partial charge >= 0.3 is 0 Å². The molecule has 48 heavy (non-hydrogen) atoms. The minimum atomic E-state index is -4.58. The third-order valence-corrected chi connectivity index (χ3v) is 12.7. The van der Waals surface area contributed by atoms with E-state index in [4.69, 9.17) is 14.2 Å². The Hall–Kier alpha value is -4.06. The second kappa shape index (κ2) is 14.2. The fourth-order valence-electron chi connectivity index (χ4n) is 4.98. The van der Waals surface area contributed by atoms with Crippen molar-refractivity contribution in [3.05, 3.63) is 66.0 Å². The molecule has 0 aliphatic heterocycles. The van der Waals surface area contributed by atoms with Gasteiger partial charge in [0, 0.05) is 24.4 Å². The zero-order valence-electron chi connectivity index (χ0n) is 28.0. The standard InChI is InChI=1S/C31H40FN5O8S2Si/c1-20(29(38)22-16-15-21(32)19-26(22)46(5,39)40)47(41,42)36(17-18-48(6,7)8)31-35-34-30(23-11-9-14-27(33-23)45-4)37(31)28-24(43-2)12-10-13-25(28)44-3/h9-16,19-20,29,38H,17-18H2,1-8H3/q-1/t20-,29+/m0/s1. The van der Waals surface area contributed by atoms with Gasteiger partial charge in [0.1, 0.15) is 33.9 Å². The molecule has 0 amide bonds. The molecule has 4 aromatic rings. The van der Waals surface area contributed by atoms with E-state index in [0.717, 1.165) is 28.8 Å². The van der Waals surface area contributed by atoms with Crippen LogP contribution in [0.15, 0.2) is 59.5 Å². The number of nitrogens with zero attached hydrogens (tertiary/aromatic N) is 5. The van der Waals surface area contributed by atoms with Crippen molar-refractivity contribution in [3.8, 4) is 34.6 Å². The van der Waals surface area contributed by atoms with Gasteiger partial charge in [0.25, 0.3) is 0 Å². The van der Waals surface area contributed by atoms with Gasteiger partial charge in [0.2, 0.25) is 21.9 Å². The van der Waals surface area contributed by atoms with Gasteiger partial charge < -0.3 is 19.3 Å². The molecule has 17 heteroatoms. The first-order valence-electron chi connectivity index (χ1n) is 14.8. The maximum Gasteiger partial charge on any atom is 0.246 e. The summed E-state index contributed by atoms with van der Waals surface area (Å²) in [5.74, 6) is 0.00874. The van der Waals surface area contributed by atoms with E-state index in [-0.39, 0.29) is 35.4 Å². The molecule has 0 unspecified atom stereocenters. The van der Waals surface area contributed by atoms with Gasteiger partial charge in [-0.3, -0.25) is 4.57 Å². The summed E-state index contributed by atoms with van der Waals surface area (Å²) in [4.78, 5) is 3.99. The van der Waals surface area contributed by atoms with Gasteiger partial charge in [-0.15, -0.1) is 24.3 Å². The number of halogens is 1. The number of pyridine rings is 1. The van der Waals surface area contributed by atoms with E-state index in [1.807, 2.05) is 0 Å². The number of hydrogen-bond donors (Lipinski definition) is 1. The third-order valence-electron chi connectivity index (χ3n) is 7.64. The lowest BCUT2D eigenvalue weighted by Gasteiger charge is -2.34. The van der Waals surface area contributed by atoms with Crippen LogP contribution < -0.4 is 18.5 Å². The number of anilines is 1.